The highest BCUT2D eigenvalue weighted by Gasteiger charge is 2.10. The van der Waals surface area contributed by atoms with E-state index in [9.17, 15) is 0 Å². The van der Waals surface area contributed by atoms with Gasteiger partial charge < -0.3 is 4.98 Å². The van der Waals surface area contributed by atoms with Gasteiger partial charge in [-0.2, -0.15) is 5.10 Å². The van der Waals surface area contributed by atoms with Crippen LogP contribution in [0.1, 0.15) is 0 Å². The number of aromatic amines is 1. The third-order valence-electron chi connectivity index (χ3n) is 4.19. The van der Waals surface area contributed by atoms with Crippen LogP contribution in [-0.2, 0) is 0 Å². The second-order valence-corrected chi connectivity index (χ2v) is 5.64. The van der Waals surface area contributed by atoms with Crippen LogP contribution < -0.4 is 0 Å². The summed E-state index contributed by atoms with van der Waals surface area (Å²) in [5.74, 6) is 0. The predicted molar refractivity (Wildman–Crippen MR) is 93.5 cm³/mol. The zero-order valence-corrected chi connectivity index (χ0v) is 12.7. The van der Waals surface area contributed by atoms with Crippen LogP contribution in [0.3, 0.4) is 0 Å². The fraction of sp³-hybridized carbons (Fsp3) is 0. The Bertz CT molecular complexity index is 1150. The normalized spacial score (nSPS) is 11.3. The monoisotopic (exact) mass is 311 g/mol. The van der Waals surface area contributed by atoms with Crippen LogP contribution in [0.5, 0.6) is 0 Å². The quantitative estimate of drug-likeness (QED) is 0.537. The van der Waals surface area contributed by atoms with E-state index < -0.39 is 0 Å². The lowest BCUT2D eigenvalue weighted by molar-refractivity contribution is 0.963. The van der Waals surface area contributed by atoms with Crippen molar-refractivity contribution in [3.05, 3.63) is 73.3 Å². The number of hydrogen-bond acceptors (Lipinski definition) is 3. The third kappa shape index (κ3) is 1.99. The van der Waals surface area contributed by atoms with Crippen molar-refractivity contribution in [2.75, 3.05) is 0 Å². The Morgan fingerprint density at radius 3 is 2.71 bits per heavy atom. The molecule has 1 aromatic carbocycles. The maximum absolute atomic E-state index is 4.75. The first kappa shape index (κ1) is 13.0. The summed E-state index contributed by atoms with van der Waals surface area (Å²) in [6.07, 6.45) is 5.53. The lowest BCUT2D eigenvalue weighted by atomic mass is 10.1. The Morgan fingerprint density at radius 1 is 0.875 bits per heavy atom. The molecule has 0 saturated heterocycles. The highest BCUT2D eigenvalue weighted by Crippen LogP contribution is 2.29. The highest BCUT2D eigenvalue weighted by atomic mass is 15.3. The van der Waals surface area contributed by atoms with Crippen LogP contribution in [0.25, 0.3) is 39.1 Å². The first-order valence-electron chi connectivity index (χ1n) is 7.72. The molecule has 0 bridgehead atoms. The van der Waals surface area contributed by atoms with Gasteiger partial charge >= 0.3 is 0 Å². The van der Waals surface area contributed by atoms with Crippen molar-refractivity contribution in [1.29, 1.82) is 0 Å². The summed E-state index contributed by atoms with van der Waals surface area (Å²) in [6.45, 7) is 0. The molecule has 0 aliphatic heterocycles. The Morgan fingerprint density at radius 2 is 1.79 bits per heavy atom. The van der Waals surface area contributed by atoms with Crippen molar-refractivity contribution in [2.24, 2.45) is 0 Å². The summed E-state index contributed by atoms with van der Waals surface area (Å²) in [5, 5.41) is 5.29. The molecule has 0 atom stereocenters. The minimum Gasteiger partial charge on any atom is -0.345 e. The summed E-state index contributed by atoms with van der Waals surface area (Å²) >= 11 is 0. The van der Waals surface area contributed by atoms with Crippen molar-refractivity contribution >= 4 is 16.7 Å². The van der Waals surface area contributed by atoms with Crippen LogP contribution >= 0.6 is 0 Å². The van der Waals surface area contributed by atoms with Gasteiger partial charge in [0.25, 0.3) is 0 Å². The number of rotatable bonds is 2. The number of H-pyrrole nitrogens is 1. The Balaban J connectivity index is 1.65. The predicted octanol–water partition coefficient (Wildman–Crippen LogP) is 3.94. The van der Waals surface area contributed by atoms with Crippen molar-refractivity contribution in [2.45, 2.75) is 0 Å². The Hall–Kier alpha value is -3.47. The van der Waals surface area contributed by atoms with E-state index >= 15 is 0 Å². The number of fused-ring (bicyclic) bond motifs is 2. The molecule has 5 heteroatoms. The van der Waals surface area contributed by atoms with E-state index in [2.05, 4.69) is 45.4 Å². The molecule has 5 aromatic rings. The van der Waals surface area contributed by atoms with Crippen LogP contribution in [-0.4, -0.2) is 24.6 Å². The van der Waals surface area contributed by atoms with E-state index in [1.54, 1.807) is 10.8 Å². The fourth-order valence-corrected chi connectivity index (χ4v) is 2.99. The summed E-state index contributed by atoms with van der Waals surface area (Å²) in [6, 6.07) is 18.4. The second kappa shape index (κ2) is 5.03. The smallest absolute Gasteiger partial charge is 0.155 e. The van der Waals surface area contributed by atoms with E-state index in [0.29, 0.717) is 0 Å². The average Bonchev–Trinajstić information content (AvgIpc) is 3.27. The summed E-state index contributed by atoms with van der Waals surface area (Å²) in [5.41, 5.74) is 5.97. The molecule has 0 aliphatic carbocycles. The van der Waals surface area contributed by atoms with Crippen LogP contribution in [0.15, 0.2) is 73.3 Å². The molecule has 0 radical (unpaired) electrons. The van der Waals surface area contributed by atoms with Crippen LogP contribution in [0, 0.1) is 0 Å². The van der Waals surface area contributed by atoms with E-state index in [0.717, 1.165) is 39.1 Å². The van der Waals surface area contributed by atoms with E-state index in [4.69, 9.17) is 4.98 Å². The SMILES string of the molecule is c1ccc(-c2ccc3c(-c4ccc5ncnn5c4)c[nH]c3n2)cc1. The number of pyridine rings is 2. The molecule has 0 aliphatic rings. The molecule has 114 valence electrons. The maximum Gasteiger partial charge on any atom is 0.155 e. The minimum absolute atomic E-state index is 0.836. The van der Waals surface area contributed by atoms with Gasteiger partial charge in [0.15, 0.2) is 5.65 Å². The van der Waals surface area contributed by atoms with E-state index in [1.807, 2.05) is 36.7 Å². The topological polar surface area (TPSA) is 58.9 Å². The van der Waals surface area contributed by atoms with Gasteiger partial charge in [-0.05, 0) is 24.3 Å². The van der Waals surface area contributed by atoms with Crippen molar-refractivity contribution in [3.63, 3.8) is 0 Å². The van der Waals surface area contributed by atoms with Gasteiger partial charge in [-0.1, -0.05) is 30.3 Å². The Kier molecular flexibility index (Phi) is 2.72. The number of nitrogens with zero attached hydrogens (tertiary/aromatic N) is 4. The Labute approximate surface area is 137 Å². The van der Waals surface area contributed by atoms with Gasteiger partial charge in [0, 0.05) is 34.5 Å². The molecular formula is C19H13N5. The fourth-order valence-electron chi connectivity index (χ4n) is 2.99. The zero-order chi connectivity index (χ0) is 15.9. The molecule has 0 unspecified atom stereocenters. The first-order chi connectivity index (χ1) is 11.9. The highest BCUT2D eigenvalue weighted by molar-refractivity contribution is 5.94. The van der Waals surface area contributed by atoms with Crippen molar-refractivity contribution < 1.29 is 0 Å². The van der Waals surface area contributed by atoms with Crippen molar-refractivity contribution in [3.8, 4) is 22.4 Å². The molecular weight excluding hydrogens is 298 g/mol. The third-order valence-corrected chi connectivity index (χ3v) is 4.19. The lowest BCUT2D eigenvalue weighted by Gasteiger charge is -2.03. The van der Waals surface area contributed by atoms with Crippen molar-refractivity contribution in [1.82, 2.24) is 24.6 Å². The second-order valence-electron chi connectivity index (χ2n) is 5.64. The molecule has 5 rings (SSSR count). The molecule has 4 heterocycles. The number of benzene rings is 1. The van der Waals surface area contributed by atoms with Gasteiger partial charge in [-0.15, -0.1) is 0 Å². The maximum atomic E-state index is 4.75. The standard InChI is InChI=1S/C19H13N5/c1-2-4-13(5-3-1)17-8-7-15-16(10-20-19(15)23-17)14-6-9-18-21-12-22-24(18)11-14/h1-12H,(H,20,23). The number of nitrogens with one attached hydrogen (secondary N) is 1. The largest absolute Gasteiger partial charge is 0.345 e. The molecule has 0 amide bonds. The van der Waals surface area contributed by atoms with Gasteiger partial charge in [0.2, 0.25) is 0 Å². The van der Waals surface area contributed by atoms with Gasteiger partial charge in [0.05, 0.1) is 5.69 Å². The van der Waals surface area contributed by atoms with E-state index in [1.165, 1.54) is 0 Å². The molecule has 5 nitrogen and oxygen atoms in total. The summed E-state index contributed by atoms with van der Waals surface area (Å²) < 4.78 is 1.78. The number of aromatic nitrogens is 5. The molecule has 0 saturated carbocycles. The van der Waals surface area contributed by atoms with Crippen LogP contribution in [0.2, 0.25) is 0 Å². The summed E-state index contributed by atoms with van der Waals surface area (Å²) in [4.78, 5) is 12.2. The van der Waals surface area contributed by atoms with E-state index in [-0.39, 0.29) is 0 Å². The molecule has 24 heavy (non-hydrogen) atoms. The molecule has 4 aromatic heterocycles. The number of hydrogen-bond donors (Lipinski definition) is 1. The lowest BCUT2D eigenvalue weighted by Crippen LogP contribution is -1.88. The molecule has 1 N–H and O–H groups in total. The zero-order valence-electron chi connectivity index (χ0n) is 12.7. The van der Waals surface area contributed by atoms with Crippen LogP contribution in [0.4, 0.5) is 0 Å². The molecule has 0 spiro atoms. The first-order valence-corrected chi connectivity index (χ1v) is 7.72. The minimum atomic E-state index is 0.836. The molecule has 0 fully saturated rings. The van der Waals surface area contributed by atoms with Gasteiger partial charge in [-0.3, -0.25) is 0 Å². The van der Waals surface area contributed by atoms with Gasteiger partial charge in [-0.25, -0.2) is 14.5 Å². The summed E-state index contributed by atoms with van der Waals surface area (Å²) in [7, 11) is 0. The average molecular weight is 311 g/mol. The van der Waals surface area contributed by atoms with Gasteiger partial charge in [0.1, 0.15) is 12.0 Å².